The van der Waals surface area contributed by atoms with Gasteiger partial charge in [-0.3, -0.25) is 0 Å². The van der Waals surface area contributed by atoms with Crippen LogP contribution in [0.5, 0.6) is 0 Å². The van der Waals surface area contributed by atoms with Gasteiger partial charge < -0.3 is 10.0 Å². The van der Waals surface area contributed by atoms with Crippen LogP contribution in [0.1, 0.15) is 5.56 Å². The summed E-state index contributed by atoms with van der Waals surface area (Å²) in [6, 6.07) is 9.06. The SMILES string of the molecule is N#Cc1cccc2sc(B(O)O)cc12. The summed E-state index contributed by atoms with van der Waals surface area (Å²) in [5.41, 5.74) is 0.561. The molecule has 3 nitrogen and oxygen atoms in total. The highest BCUT2D eigenvalue weighted by molar-refractivity contribution is 7.27. The highest BCUT2D eigenvalue weighted by Gasteiger charge is 2.15. The molecule has 0 saturated heterocycles. The average Bonchev–Trinajstić information content (AvgIpc) is 2.60. The summed E-state index contributed by atoms with van der Waals surface area (Å²) in [7, 11) is -1.46. The third-order valence-electron chi connectivity index (χ3n) is 1.96. The number of hydrogen-bond donors (Lipinski definition) is 2. The lowest BCUT2D eigenvalue weighted by atomic mass is 9.89. The minimum Gasteiger partial charge on any atom is -0.423 e. The van der Waals surface area contributed by atoms with Gasteiger partial charge in [0.05, 0.1) is 11.6 Å². The van der Waals surface area contributed by atoms with Gasteiger partial charge in [0.1, 0.15) is 0 Å². The van der Waals surface area contributed by atoms with Gasteiger partial charge in [-0.1, -0.05) is 6.07 Å². The summed E-state index contributed by atoms with van der Waals surface area (Å²) in [6.45, 7) is 0. The van der Waals surface area contributed by atoms with E-state index >= 15 is 0 Å². The first-order valence-corrected chi connectivity index (χ1v) is 4.82. The Morgan fingerprint density at radius 1 is 1.36 bits per heavy atom. The van der Waals surface area contributed by atoms with Gasteiger partial charge in [0.25, 0.3) is 0 Å². The summed E-state index contributed by atoms with van der Waals surface area (Å²) in [5.74, 6) is 0. The van der Waals surface area contributed by atoms with E-state index < -0.39 is 7.12 Å². The number of nitrogens with zero attached hydrogens (tertiary/aromatic N) is 1. The zero-order valence-electron chi connectivity index (χ0n) is 7.14. The number of hydrogen-bond acceptors (Lipinski definition) is 4. The number of fused-ring (bicyclic) bond motifs is 1. The molecule has 2 N–H and O–H groups in total. The van der Waals surface area contributed by atoms with Gasteiger partial charge in [-0.15, -0.1) is 11.3 Å². The first-order valence-electron chi connectivity index (χ1n) is 4.01. The van der Waals surface area contributed by atoms with Crippen molar-refractivity contribution >= 4 is 33.3 Å². The van der Waals surface area contributed by atoms with Crippen molar-refractivity contribution in [2.45, 2.75) is 0 Å². The Morgan fingerprint density at radius 3 is 2.79 bits per heavy atom. The molecule has 0 aliphatic rings. The monoisotopic (exact) mass is 203 g/mol. The number of thiophene rings is 1. The van der Waals surface area contributed by atoms with Crippen LogP contribution in [-0.2, 0) is 0 Å². The van der Waals surface area contributed by atoms with Crippen LogP contribution in [0.3, 0.4) is 0 Å². The van der Waals surface area contributed by atoms with Crippen LogP contribution >= 0.6 is 11.3 Å². The molecule has 0 saturated carbocycles. The van der Waals surface area contributed by atoms with E-state index in [4.69, 9.17) is 15.3 Å². The van der Waals surface area contributed by atoms with Crippen LogP contribution in [0, 0.1) is 11.3 Å². The van der Waals surface area contributed by atoms with Crippen molar-refractivity contribution in [3.63, 3.8) is 0 Å². The number of benzene rings is 1. The summed E-state index contributed by atoms with van der Waals surface area (Å²) in [4.78, 5) is 0. The highest BCUT2D eigenvalue weighted by atomic mass is 32.1. The minimum absolute atomic E-state index is 0.461. The van der Waals surface area contributed by atoms with Gasteiger partial charge in [-0.05, 0) is 18.2 Å². The Balaban J connectivity index is 2.72. The molecule has 14 heavy (non-hydrogen) atoms. The second-order valence-corrected chi connectivity index (χ2v) is 3.97. The van der Waals surface area contributed by atoms with Crippen molar-refractivity contribution in [2.75, 3.05) is 0 Å². The smallest absolute Gasteiger partial charge is 0.423 e. The van der Waals surface area contributed by atoms with Gasteiger partial charge in [0.15, 0.2) is 0 Å². The zero-order valence-corrected chi connectivity index (χ0v) is 7.95. The number of nitriles is 1. The Hall–Kier alpha value is -1.35. The van der Waals surface area contributed by atoms with Gasteiger partial charge in [0, 0.05) is 14.9 Å². The van der Waals surface area contributed by atoms with Crippen molar-refractivity contribution in [2.24, 2.45) is 0 Å². The third-order valence-corrected chi connectivity index (χ3v) is 3.10. The molecule has 2 aromatic rings. The lowest BCUT2D eigenvalue weighted by molar-refractivity contribution is 0.427. The standard InChI is InChI=1S/C9H6BNO2S/c11-5-6-2-1-3-8-7(6)4-9(14-8)10(12)13/h1-4,12-13H. The molecule has 0 aliphatic heterocycles. The second kappa shape index (κ2) is 3.43. The van der Waals surface area contributed by atoms with E-state index in [0.29, 0.717) is 10.3 Å². The fraction of sp³-hybridized carbons (Fsp3) is 0. The minimum atomic E-state index is -1.46. The maximum Gasteiger partial charge on any atom is 0.499 e. The van der Waals surface area contributed by atoms with E-state index in [1.165, 1.54) is 11.3 Å². The second-order valence-electron chi connectivity index (χ2n) is 2.85. The molecule has 0 spiro atoms. The molecule has 0 aliphatic carbocycles. The van der Waals surface area contributed by atoms with E-state index in [0.717, 1.165) is 10.1 Å². The molecule has 0 fully saturated rings. The van der Waals surface area contributed by atoms with Crippen LogP contribution in [0.2, 0.25) is 0 Å². The Morgan fingerprint density at radius 2 is 2.14 bits per heavy atom. The van der Waals surface area contributed by atoms with Crippen LogP contribution in [0.15, 0.2) is 24.3 Å². The van der Waals surface area contributed by atoms with Crippen molar-refractivity contribution < 1.29 is 10.0 Å². The van der Waals surface area contributed by atoms with Crippen molar-refractivity contribution in [1.29, 1.82) is 5.26 Å². The summed E-state index contributed by atoms with van der Waals surface area (Å²) < 4.78 is 1.36. The normalized spacial score (nSPS) is 10.1. The van der Waals surface area contributed by atoms with Gasteiger partial charge in [-0.25, -0.2) is 0 Å². The molecule has 0 atom stereocenters. The van der Waals surface area contributed by atoms with Crippen molar-refractivity contribution in [3.05, 3.63) is 29.8 Å². The van der Waals surface area contributed by atoms with Crippen LogP contribution in [0.25, 0.3) is 10.1 Å². The molecule has 0 bridgehead atoms. The first-order chi connectivity index (χ1) is 6.72. The van der Waals surface area contributed by atoms with E-state index in [1.54, 1.807) is 18.2 Å². The molecule has 1 aromatic heterocycles. The maximum absolute atomic E-state index is 8.97. The van der Waals surface area contributed by atoms with E-state index in [2.05, 4.69) is 6.07 Å². The predicted octanol–water partition coefficient (Wildman–Crippen LogP) is 0.453. The molecular formula is C9H6BNO2S. The van der Waals surface area contributed by atoms with Crippen LogP contribution in [0.4, 0.5) is 0 Å². The van der Waals surface area contributed by atoms with E-state index in [1.807, 2.05) is 6.07 Å². The predicted molar refractivity (Wildman–Crippen MR) is 56.4 cm³/mol. The summed E-state index contributed by atoms with van der Waals surface area (Å²) in [6.07, 6.45) is 0. The molecule has 0 unspecified atom stereocenters. The maximum atomic E-state index is 8.97. The Bertz CT molecular complexity index is 515. The lowest BCUT2D eigenvalue weighted by Crippen LogP contribution is -2.26. The third kappa shape index (κ3) is 1.40. The zero-order chi connectivity index (χ0) is 10.1. The van der Waals surface area contributed by atoms with Gasteiger partial charge in [0.2, 0.25) is 0 Å². The Labute approximate surface area is 85.0 Å². The molecule has 0 radical (unpaired) electrons. The molecule has 1 heterocycles. The quantitative estimate of drug-likeness (QED) is 0.661. The highest BCUT2D eigenvalue weighted by Crippen LogP contribution is 2.22. The van der Waals surface area contributed by atoms with Crippen LogP contribution in [-0.4, -0.2) is 17.2 Å². The van der Waals surface area contributed by atoms with E-state index in [-0.39, 0.29) is 0 Å². The fourth-order valence-corrected chi connectivity index (χ4v) is 2.27. The molecular weight excluding hydrogens is 197 g/mol. The molecule has 2 rings (SSSR count). The topological polar surface area (TPSA) is 64.2 Å². The lowest BCUT2D eigenvalue weighted by Gasteiger charge is -1.89. The molecule has 1 aromatic carbocycles. The van der Waals surface area contributed by atoms with E-state index in [9.17, 15) is 0 Å². The molecule has 68 valence electrons. The fourth-order valence-electron chi connectivity index (χ4n) is 1.31. The summed E-state index contributed by atoms with van der Waals surface area (Å²) in [5, 5.41) is 27.5. The molecule has 0 amide bonds. The largest absolute Gasteiger partial charge is 0.499 e. The number of rotatable bonds is 1. The van der Waals surface area contributed by atoms with Crippen molar-refractivity contribution in [1.82, 2.24) is 0 Å². The van der Waals surface area contributed by atoms with Crippen molar-refractivity contribution in [3.8, 4) is 6.07 Å². The van der Waals surface area contributed by atoms with Crippen LogP contribution < -0.4 is 4.78 Å². The molecule has 5 heteroatoms. The van der Waals surface area contributed by atoms with Gasteiger partial charge in [-0.2, -0.15) is 5.26 Å². The Kier molecular flexibility index (Phi) is 2.26. The summed E-state index contributed by atoms with van der Waals surface area (Å²) >= 11 is 1.28. The van der Waals surface area contributed by atoms with Gasteiger partial charge >= 0.3 is 7.12 Å². The first kappa shape index (κ1) is 9.22. The average molecular weight is 203 g/mol.